The number of hydrogen-bond donors (Lipinski definition) is 3. The summed E-state index contributed by atoms with van der Waals surface area (Å²) < 4.78 is 0. The Kier molecular flexibility index (Phi) is 3.53. The van der Waals surface area contributed by atoms with E-state index in [2.05, 4.69) is 5.43 Å². The van der Waals surface area contributed by atoms with Crippen molar-refractivity contribution in [2.45, 2.75) is 0 Å². The van der Waals surface area contributed by atoms with Crippen molar-refractivity contribution in [3.63, 3.8) is 0 Å². The van der Waals surface area contributed by atoms with E-state index >= 15 is 0 Å². The summed E-state index contributed by atoms with van der Waals surface area (Å²) in [5, 5.41) is 3.33. The first-order valence-electron chi connectivity index (χ1n) is 6.85. The fraction of sp³-hybridized carbons (Fsp3) is 0. The van der Waals surface area contributed by atoms with Crippen molar-refractivity contribution in [3.05, 3.63) is 66.7 Å². The maximum absolute atomic E-state index is 11.7. The molecule has 3 aromatic rings. The summed E-state index contributed by atoms with van der Waals surface area (Å²) in [7, 11) is 0. The summed E-state index contributed by atoms with van der Waals surface area (Å²) in [6.45, 7) is 0. The number of anilines is 3. The summed E-state index contributed by atoms with van der Waals surface area (Å²) in [5.41, 5.74) is 16.3. The Morgan fingerprint density at radius 3 is 2.14 bits per heavy atom. The normalized spacial score (nSPS) is 10.4. The standard InChI is InChI=1S/C17H16N4O/c18-15-10-12-6-4-5-7-13(12)11-16(15)20-21(17(19)22)14-8-2-1-3-9-14/h1-11,20H,18H2,(H2,19,22). The van der Waals surface area contributed by atoms with E-state index < -0.39 is 6.03 Å². The first-order valence-corrected chi connectivity index (χ1v) is 6.85. The minimum absolute atomic E-state index is 0.542. The van der Waals surface area contributed by atoms with Gasteiger partial charge < -0.3 is 11.5 Å². The third-order valence-corrected chi connectivity index (χ3v) is 3.38. The number of hydrogen-bond acceptors (Lipinski definition) is 3. The van der Waals surface area contributed by atoms with E-state index in [0.29, 0.717) is 17.1 Å². The molecule has 0 aliphatic carbocycles. The first kappa shape index (κ1) is 13.8. The number of amides is 2. The summed E-state index contributed by atoms with van der Waals surface area (Å²) in [6, 6.07) is 20.1. The number of nitrogens with two attached hydrogens (primary N) is 2. The molecule has 0 heterocycles. The van der Waals surface area contributed by atoms with Crippen molar-refractivity contribution in [3.8, 4) is 0 Å². The molecule has 5 heteroatoms. The molecule has 0 fully saturated rings. The Balaban J connectivity index is 2.00. The van der Waals surface area contributed by atoms with Crippen LogP contribution in [0.2, 0.25) is 0 Å². The van der Waals surface area contributed by atoms with E-state index in [-0.39, 0.29) is 0 Å². The molecule has 5 N–H and O–H groups in total. The van der Waals surface area contributed by atoms with Crippen molar-refractivity contribution >= 4 is 33.9 Å². The number of nitrogens with zero attached hydrogens (tertiary/aromatic N) is 1. The first-order chi connectivity index (χ1) is 10.6. The molecule has 5 nitrogen and oxygen atoms in total. The van der Waals surface area contributed by atoms with Crippen LogP contribution in [0.3, 0.4) is 0 Å². The molecule has 0 spiro atoms. The third-order valence-electron chi connectivity index (χ3n) is 3.38. The fourth-order valence-corrected chi connectivity index (χ4v) is 2.30. The number of carbonyl (C=O) groups is 1. The summed E-state index contributed by atoms with van der Waals surface area (Å²) >= 11 is 0. The van der Waals surface area contributed by atoms with Crippen molar-refractivity contribution in [1.29, 1.82) is 0 Å². The van der Waals surface area contributed by atoms with Crippen LogP contribution >= 0.6 is 0 Å². The quantitative estimate of drug-likeness (QED) is 0.511. The largest absolute Gasteiger partial charge is 0.397 e. The average Bonchev–Trinajstić information content (AvgIpc) is 2.53. The van der Waals surface area contributed by atoms with Gasteiger partial charge in [-0.15, -0.1) is 0 Å². The van der Waals surface area contributed by atoms with Gasteiger partial charge in [-0.1, -0.05) is 42.5 Å². The zero-order chi connectivity index (χ0) is 15.5. The molecule has 0 radical (unpaired) electrons. The van der Waals surface area contributed by atoms with Crippen molar-refractivity contribution in [2.75, 3.05) is 16.2 Å². The molecule has 0 atom stereocenters. The van der Waals surface area contributed by atoms with E-state index in [9.17, 15) is 4.79 Å². The Morgan fingerprint density at radius 2 is 1.50 bits per heavy atom. The smallest absolute Gasteiger partial charge is 0.338 e. The van der Waals surface area contributed by atoms with Gasteiger partial charge in [-0.3, -0.25) is 5.43 Å². The lowest BCUT2D eigenvalue weighted by Gasteiger charge is -2.23. The molecule has 0 bridgehead atoms. The van der Waals surface area contributed by atoms with E-state index in [1.54, 1.807) is 12.1 Å². The molecule has 0 saturated carbocycles. The van der Waals surface area contributed by atoms with Gasteiger partial charge in [0.15, 0.2) is 0 Å². The maximum atomic E-state index is 11.7. The van der Waals surface area contributed by atoms with Crippen molar-refractivity contribution < 1.29 is 4.79 Å². The molecule has 0 unspecified atom stereocenters. The topological polar surface area (TPSA) is 84.4 Å². The van der Waals surface area contributed by atoms with Gasteiger partial charge in [0, 0.05) is 0 Å². The molecule has 0 saturated heterocycles. The van der Waals surface area contributed by atoms with E-state index in [1.165, 1.54) is 5.01 Å². The van der Waals surface area contributed by atoms with Gasteiger partial charge in [-0.25, -0.2) is 9.80 Å². The summed E-state index contributed by atoms with van der Waals surface area (Å²) in [6.07, 6.45) is 0. The zero-order valence-electron chi connectivity index (χ0n) is 11.9. The Bertz CT molecular complexity index is 817. The molecule has 0 aliphatic heterocycles. The van der Waals surface area contributed by atoms with Crippen molar-refractivity contribution in [1.82, 2.24) is 0 Å². The third kappa shape index (κ3) is 2.64. The fourth-order valence-electron chi connectivity index (χ4n) is 2.30. The number of benzene rings is 3. The van der Waals surface area contributed by atoms with Gasteiger partial charge in [-0.05, 0) is 35.0 Å². The molecule has 0 aromatic heterocycles. The number of urea groups is 1. The summed E-state index contributed by atoms with van der Waals surface area (Å²) in [4.78, 5) is 11.7. The van der Waals surface area contributed by atoms with Gasteiger partial charge >= 0.3 is 6.03 Å². The molecular formula is C17H16N4O. The van der Waals surface area contributed by atoms with Crippen LogP contribution in [-0.2, 0) is 0 Å². The SMILES string of the molecule is NC(=O)N(Nc1cc2ccccc2cc1N)c1ccccc1. The van der Waals surface area contributed by atoms with Gasteiger partial charge in [0.05, 0.1) is 17.1 Å². The van der Waals surface area contributed by atoms with Crippen LogP contribution in [0.1, 0.15) is 0 Å². The second-order valence-corrected chi connectivity index (χ2v) is 4.91. The molecule has 3 rings (SSSR count). The van der Waals surface area contributed by atoms with Gasteiger partial charge in [0.25, 0.3) is 0 Å². The molecule has 2 amide bonds. The number of rotatable bonds is 3. The van der Waals surface area contributed by atoms with Crippen LogP contribution in [-0.4, -0.2) is 6.03 Å². The van der Waals surface area contributed by atoms with E-state index in [0.717, 1.165) is 10.8 Å². The van der Waals surface area contributed by atoms with Crippen LogP contribution in [0.5, 0.6) is 0 Å². The van der Waals surface area contributed by atoms with Gasteiger partial charge in [0.1, 0.15) is 0 Å². The number of nitrogens with one attached hydrogen (secondary N) is 1. The van der Waals surface area contributed by atoms with Crippen molar-refractivity contribution in [2.24, 2.45) is 5.73 Å². The minimum atomic E-state index is -0.612. The second kappa shape index (κ2) is 5.65. The van der Waals surface area contributed by atoms with Crippen LogP contribution in [0, 0.1) is 0 Å². The minimum Gasteiger partial charge on any atom is -0.397 e. The Labute approximate surface area is 128 Å². The Hall–Kier alpha value is -3.21. The zero-order valence-corrected chi connectivity index (χ0v) is 11.9. The highest BCUT2D eigenvalue weighted by molar-refractivity contribution is 5.96. The Morgan fingerprint density at radius 1 is 0.909 bits per heavy atom. The monoisotopic (exact) mass is 292 g/mol. The number of fused-ring (bicyclic) bond motifs is 1. The number of nitrogen functional groups attached to an aromatic ring is 1. The number of para-hydroxylation sites is 1. The van der Waals surface area contributed by atoms with Crippen LogP contribution in [0.25, 0.3) is 10.8 Å². The predicted molar refractivity (Wildman–Crippen MR) is 90.5 cm³/mol. The lowest BCUT2D eigenvalue weighted by Crippen LogP contribution is -2.40. The van der Waals surface area contributed by atoms with E-state index in [1.807, 2.05) is 54.6 Å². The van der Waals surface area contributed by atoms with Gasteiger partial charge in [0.2, 0.25) is 0 Å². The highest BCUT2D eigenvalue weighted by Gasteiger charge is 2.13. The second-order valence-electron chi connectivity index (χ2n) is 4.91. The van der Waals surface area contributed by atoms with Gasteiger partial charge in [-0.2, -0.15) is 0 Å². The highest BCUT2D eigenvalue weighted by Crippen LogP contribution is 2.27. The lowest BCUT2D eigenvalue weighted by atomic mass is 10.1. The maximum Gasteiger partial charge on any atom is 0.338 e. The molecular weight excluding hydrogens is 276 g/mol. The van der Waals surface area contributed by atoms with Crippen LogP contribution in [0.4, 0.5) is 21.9 Å². The molecule has 3 aromatic carbocycles. The average molecular weight is 292 g/mol. The van der Waals surface area contributed by atoms with Crippen LogP contribution in [0.15, 0.2) is 66.7 Å². The number of primary amides is 1. The number of hydrazine groups is 1. The predicted octanol–water partition coefficient (Wildman–Crippen LogP) is 3.33. The summed E-state index contributed by atoms with van der Waals surface area (Å²) in [5.74, 6) is 0. The highest BCUT2D eigenvalue weighted by atomic mass is 16.2. The van der Waals surface area contributed by atoms with Crippen LogP contribution < -0.4 is 21.9 Å². The molecule has 22 heavy (non-hydrogen) atoms. The molecule has 0 aliphatic rings. The molecule has 110 valence electrons. The number of carbonyl (C=O) groups excluding carboxylic acids is 1. The van der Waals surface area contributed by atoms with E-state index in [4.69, 9.17) is 11.5 Å². The lowest BCUT2D eigenvalue weighted by molar-refractivity contribution is 0.255.